The summed E-state index contributed by atoms with van der Waals surface area (Å²) < 4.78 is 29.4. The first-order chi connectivity index (χ1) is 8.51. The first-order valence-corrected chi connectivity index (χ1v) is 8.79. The third kappa shape index (κ3) is 6.83. The van der Waals surface area contributed by atoms with Gasteiger partial charge in [0.1, 0.15) is 0 Å². The molecule has 0 aromatic heterocycles. The maximum absolute atomic E-state index is 10.5. The van der Waals surface area contributed by atoms with Crippen LogP contribution in [0.4, 0.5) is 0 Å². The van der Waals surface area contributed by atoms with E-state index in [1.54, 1.807) is 0 Å². The lowest BCUT2D eigenvalue weighted by atomic mass is 10.1. The molecule has 0 bridgehead atoms. The zero-order valence-electron chi connectivity index (χ0n) is 10.2. The lowest BCUT2D eigenvalue weighted by Crippen LogP contribution is -1.92. The number of rotatable bonds is 8. The van der Waals surface area contributed by atoms with Crippen LogP contribution in [-0.4, -0.2) is 18.7 Å². The van der Waals surface area contributed by atoms with Crippen molar-refractivity contribution >= 4 is 26.0 Å². The molecule has 1 rings (SSSR count). The molecule has 100 valence electrons. The Hall–Kier alpha value is -0.780. The van der Waals surface area contributed by atoms with Gasteiger partial charge >= 0.3 is 9.15 Å². The predicted octanol–water partition coefficient (Wildman–Crippen LogP) is 3.58. The van der Waals surface area contributed by atoms with Crippen LogP contribution in [-0.2, 0) is 15.6 Å². The van der Waals surface area contributed by atoms with E-state index in [2.05, 4.69) is 18.7 Å². The number of hydrogen-bond acceptors (Lipinski definition) is 3. The molecule has 0 atom stereocenters. The molecule has 0 radical (unpaired) electrons. The summed E-state index contributed by atoms with van der Waals surface area (Å²) in [6, 6.07) is 8.25. The molecule has 0 amide bonds. The molecular formula is C13H18O3S2. The van der Waals surface area contributed by atoms with E-state index < -0.39 is 9.15 Å². The van der Waals surface area contributed by atoms with Crippen molar-refractivity contribution < 1.29 is 13.0 Å². The summed E-state index contributed by atoms with van der Waals surface area (Å²) in [5, 5.41) is 0. The maximum Gasteiger partial charge on any atom is 0.319 e. The van der Waals surface area contributed by atoms with Crippen molar-refractivity contribution in [2.75, 3.05) is 5.75 Å². The van der Waals surface area contributed by atoms with Crippen molar-refractivity contribution in [1.29, 1.82) is 0 Å². The van der Waals surface area contributed by atoms with Crippen molar-refractivity contribution in [1.82, 2.24) is 0 Å². The molecule has 0 spiro atoms. The number of benzene rings is 1. The molecule has 5 heteroatoms. The van der Waals surface area contributed by atoms with Gasteiger partial charge in [0.2, 0.25) is 0 Å². The van der Waals surface area contributed by atoms with Gasteiger partial charge in [0.05, 0.1) is 0 Å². The molecule has 1 aromatic carbocycles. The van der Waals surface area contributed by atoms with Gasteiger partial charge in [0.15, 0.2) is 0 Å². The Morgan fingerprint density at radius 3 is 2.39 bits per heavy atom. The molecule has 18 heavy (non-hydrogen) atoms. The highest BCUT2D eigenvalue weighted by molar-refractivity contribution is 8.69. The zero-order valence-corrected chi connectivity index (χ0v) is 11.8. The summed E-state index contributed by atoms with van der Waals surface area (Å²) >= 11 is 0. The Morgan fingerprint density at radius 2 is 1.83 bits per heavy atom. The van der Waals surface area contributed by atoms with E-state index in [1.807, 2.05) is 18.2 Å². The first kappa shape index (κ1) is 15.3. The summed E-state index contributed by atoms with van der Waals surface area (Å²) in [6.45, 7) is 3.70. The normalized spacial score (nSPS) is 11.4. The van der Waals surface area contributed by atoms with Gasteiger partial charge in [-0.15, -0.1) is 0 Å². The molecule has 1 N–H and O–H groups in total. The Bertz CT molecular complexity index is 464. The fourth-order valence-electron chi connectivity index (χ4n) is 1.59. The van der Waals surface area contributed by atoms with E-state index in [0.717, 1.165) is 31.2 Å². The van der Waals surface area contributed by atoms with Crippen LogP contribution >= 0.6 is 10.8 Å². The van der Waals surface area contributed by atoms with Gasteiger partial charge in [-0.25, -0.2) is 0 Å². The quantitative estimate of drug-likeness (QED) is 0.451. The summed E-state index contributed by atoms with van der Waals surface area (Å²) in [5.41, 5.74) is 2.39. The Labute approximate surface area is 112 Å². The lowest BCUT2D eigenvalue weighted by Gasteiger charge is -2.02. The van der Waals surface area contributed by atoms with Crippen LogP contribution in [0.2, 0.25) is 0 Å². The average Bonchev–Trinajstić information content (AvgIpc) is 2.33. The summed E-state index contributed by atoms with van der Waals surface area (Å²) in [7, 11) is -3.26. The van der Waals surface area contributed by atoms with Gasteiger partial charge in [0, 0.05) is 5.75 Å². The largest absolute Gasteiger partial charge is 0.319 e. The Balaban J connectivity index is 2.15. The molecule has 0 aliphatic rings. The Kier molecular flexibility index (Phi) is 6.46. The lowest BCUT2D eigenvalue weighted by molar-refractivity contribution is 0.503. The van der Waals surface area contributed by atoms with Crippen molar-refractivity contribution in [2.24, 2.45) is 0 Å². The van der Waals surface area contributed by atoms with Crippen LogP contribution in [0.3, 0.4) is 0 Å². The molecular weight excluding hydrogens is 268 g/mol. The second-order valence-electron chi connectivity index (χ2n) is 4.01. The summed E-state index contributed by atoms with van der Waals surface area (Å²) in [5.74, 6) is 0.453. The highest BCUT2D eigenvalue weighted by Crippen LogP contribution is 2.14. The number of hydrogen-bond donors (Lipinski definition) is 1. The molecule has 0 aliphatic carbocycles. The van der Waals surface area contributed by atoms with E-state index in [4.69, 9.17) is 4.55 Å². The minimum atomic E-state index is -3.86. The van der Waals surface area contributed by atoms with Crippen molar-refractivity contribution in [2.45, 2.75) is 25.7 Å². The molecule has 0 unspecified atom stereocenters. The molecule has 1 aromatic rings. The second-order valence-corrected chi connectivity index (χ2v) is 7.48. The highest BCUT2D eigenvalue weighted by Gasteiger charge is 2.03. The molecule has 0 saturated carbocycles. The molecule has 3 nitrogen and oxygen atoms in total. The first-order valence-electron chi connectivity index (χ1n) is 5.84. The summed E-state index contributed by atoms with van der Waals surface area (Å²) in [6.07, 6.45) is 5.60. The van der Waals surface area contributed by atoms with Crippen molar-refractivity contribution in [3.63, 3.8) is 0 Å². The predicted molar refractivity (Wildman–Crippen MR) is 78.1 cm³/mol. The van der Waals surface area contributed by atoms with Crippen LogP contribution in [0.1, 0.15) is 30.4 Å². The minimum absolute atomic E-state index is 0.453. The van der Waals surface area contributed by atoms with Gasteiger partial charge < -0.3 is 0 Å². The average molecular weight is 286 g/mol. The van der Waals surface area contributed by atoms with Crippen molar-refractivity contribution in [3.8, 4) is 0 Å². The van der Waals surface area contributed by atoms with Crippen LogP contribution in [0.5, 0.6) is 0 Å². The molecule has 0 heterocycles. The van der Waals surface area contributed by atoms with Gasteiger partial charge in [-0.05, 0) is 41.2 Å². The van der Waals surface area contributed by atoms with E-state index in [1.165, 1.54) is 5.56 Å². The SMILES string of the molecule is C=Cc1ccc(CCCCCSS(=O)(=O)O)cc1. The third-order valence-corrected chi connectivity index (χ3v) is 4.70. The van der Waals surface area contributed by atoms with E-state index in [-0.39, 0.29) is 0 Å². The smallest absolute Gasteiger partial charge is 0.277 e. The molecule has 0 fully saturated rings. The second kappa shape index (κ2) is 7.61. The molecule has 0 aliphatic heterocycles. The van der Waals surface area contributed by atoms with Gasteiger partial charge in [-0.2, -0.15) is 8.42 Å². The Morgan fingerprint density at radius 1 is 1.17 bits per heavy atom. The fraction of sp³-hybridized carbons (Fsp3) is 0.385. The third-order valence-electron chi connectivity index (χ3n) is 2.56. The van der Waals surface area contributed by atoms with Gasteiger partial charge in [0.25, 0.3) is 0 Å². The van der Waals surface area contributed by atoms with Crippen LogP contribution < -0.4 is 0 Å². The number of unbranched alkanes of at least 4 members (excludes halogenated alkanes) is 2. The van der Waals surface area contributed by atoms with E-state index in [9.17, 15) is 8.42 Å². The van der Waals surface area contributed by atoms with Gasteiger partial charge in [-0.3, -0.25) is 4.55 Å². The zero-order chi connectivity index (χ0) is 13.4. The topological polar surface area (TPSA) is 54.4 Å². The van der Waals surface area contributed by atoms with E-state index in [0.29, 0.717) is 16.5 Å². The molecule has 0 saturated heterocycles. The minimum Gasteiger partial charge on any atom is -0.277 e. The monoisotopic (exact) mass is 286 g/mol. The van der Waals surface area contributed by atoms with Crippen LogP contribution in [0, 0.1) is 0 Å². The van der Waals surface area contributed by atoms with Crippen LogP contribution in [0.15, 0.2) is 30.8 Å². The van der Waals surface area contributed by atoms with E-state index >= 15 is 0 Å². The number of aryl methyl sites for hydroxylation is 1. The fourth-order valence-corrected chi connectivity index (χ4v) is 3.11. The highest BCUT2D eigenvalue weighted by atomic mass is 33.1. The van der Waals surface area contributed by atoms with Gasteiger partial charge in [-0.1, -0.05) is 43.3 Å². The maximum atomic E-state index is 10.5. The van der Waals surface area contributed by atoms with Crippen molar-refractivity contribution in [3.05, 3.63) is 42.0 Å². The standard InChI is InChI=1S/C13H18O3S2/c1-2-12-7-9-13(10-8-12)6-4-3-5-11-17-18(14,15)16/h2,7-10H,1,3-6,11H2,(H,14,15,16). The van der Waals surface area contributed by atoms with Crippen LogP contribution in [0.25, 0.3) is 6.08 Å². The summed E-state index contributed by atoms with van der Waals surface area (Å²) in [4.78, 5) is 0.